The number of imide groups is 1. The maximum Gasteiger partial charge on any atom is 0.293 e. The molecule has 31 heavy (non-hydrogen) atoms. The fraction of sp³-hybridized carbons (Fsp3) is 0.0870. The average molecular weight is 453 g/mol. The highest BCUT2D eigenvalue weighted by Gasteiger charge is 2.35. The number of carbonyl (C=O) groups excluding carboxylic acids is 3. The number of nitrogens with zero attached hydrogens (tertiary/aromatic N) is 1. The average Bonchev–Trinajstić information content (AvgIpc) is 3.00. The molecular weight excluding hydrogens is 436 g/mol. The van der Waals surface area contributed by atoms with Crippen LogP contribution in [-0.4, -0.2) is 28.6 Å². The number of thioether (sulfide) groups is 1. The summed E-state index contributed by atoms with van der Waals surface area (Å²) in [7, 11) is 0. The number of carbonyl (C=O) groups is 3. The molecule has 3 aromatic carbocycles. The summed E-state index contributed by atoms with van der Waals surface area (Å²) in [6.07, 6.45) is 1.61. The first-order valence-electron chi connectivity index (χ1n) is 9.35. The molecule has 0 radical (unpaired) electrons. The van der Waals surface area contributed by atoms with Crippen LogP contribution in [0.4, 0.5) is 4.79 Å². The first-order valence-corrected chi connectivity index (χ1v) is 10.5. The van der Waals surface area contributed by atoms with Crippen LogP contribution in [0.15, 0.2) is 65.6 Å². The van der Waals surface area contributed by atoms with Gasteiger partial charge in [-0.15, -0.1) is 0 Å². The molecule has 0 bridgehead atoms. The Morgan fingerprint density at radius 2 is 1.87 bits per heavy atom. The van der Waals surface area contributed by atoms with Gasteiger partial charge < -0.3 is 10.5 Å². The summed E-state index contributed by atoms with van der Waals surface area (Å²) in [4.78, 5) is 37.8. The molecule has 6 nitrogen and oxygen atoms in total. The lowest BCUT2D eigenvalue weighted by Gasteiger charge is -2.14. The lowest BCUT2D eigenvalue weighted by atomic mass is 10.0. The largest absolute Gasteiger partial charge is 0.482 e. The standard InChI is InChI=1S/C23H17ClN2O4S/c24-18-10-14(8-9-19(18)30-13-21(25)27)11-20-22(28)26(23(29)31-20)12-16-6-3-5-15-4-1-2-7-17(15)16/h1-11H,12-13H2,(H2,25,27)/b20-11-. The number of fused-ring (bicyclic) bond motifs is 1. The van der Waals surface area contributed by atoms with E-state index >= 15 is 0 Å². The van der Waals surface area contributed by atoms with Crippen molar-refractivity contribution in [2.24, 2.45) is 5.73 Å². The van der Waals surface area contributed by atoms with E-state index in [9.17, 15) is 14.4 Å². The minimum atomic E-state index is -0.611. The van der Waals surface area contributed by atoms with E-state index < -0.39 is 5.91 Å². The number of ether oxygens (including phenoxy) is 1. The SMILES string of the molecule is NC(=O)COc1ccc(/C=C2\SC(=O)N(Cc3cccc4ccccc34)C2=O)cc1Cl. The van der Waals surface area contributed by atoms with E-state index in [4.69, 9.17) is 22.1 Å². The minimum Gasteiger partial charge on any atom is -0.482 e. The van der Waals surface area contributed by atoms with Crippen LogP contribution in [0.1, 0.15) is 11.1 Å². The number of benzene rings is 3. The quantitative estimate of drug-likeness (QED) is 0.552. The van der Waals surface area contributed by atoms with Crippen molar-refractivity contribution in [3.8, 4) is 5.75 Å². The Morgan fingerprint density at radius 3 is 2.65 bits per heavy atom. The molecular formula is C23H17ClN2O4S. The van der Waals surface area contributed by atoms with Gasteiger partial charge in [0.15, 0.2) is 6.61 Å². The van der Waals surface area contributed by atoms with Gasteiger partial charge in [-0.05, 0) is 51.9 Å². The minimum absolute atomic E-state index is 0.198. The molecule has 0 aliphatic carbocycles. The number of halogens is 1. The molecule has 1 heterocycles. The highest BCUT2D eigenvalue weighted by molar-refractivity contribution is 8.18. The lowest BCUT2D eigenvalue weighted by Crippen LogP contribution is -2.27. The maximum absolute atomic E-state index is 12.9. The van der Waals surface area contributed by atoms with Crippen LogP contribution in [0, 0.1) is 0 Å². The number of hydrogen-bond donors (Lipinski definition) is 1. The van der Waals surface area contributed by atoms with Crippen LogP contribution in [0.2, 0.25) is 5.02 Å². The predicted octanol–water partition coefficient (Wildman–Crippen LogP) is 4.59. The van der Waals surface area contributed by atoms with E-state index in [0.29, 0.717) is 16.2 Å². The zero-order valence-electron chi connectivity index (χ0n) is 16.2. The molecule has 1 saturated heterocycles. The van der Waals surface area contributed by atoms with Gasteiger partial charge in [0.05, 0.1) is 16.5 Å². The van der Waals surface area contributed by atoms with E-state index in [1.54, 1.807) is 24.3 Å². The molecule has 3 amide bonds. The maximum atomic E-state index is 12.9. The molecule has 8 heteroatoms. The number of rotatable bonds is 6. The third-order valence-corrected chi connectivity index (χ3v) is 5.91. The zero-order chi connectivity index (χ0) is 22.0. The van der Waals surface area contributed by atoms with Crippen molar-refractivity contribution >= 4 is 57.3 Å². The second-order valence-electron chi connectivity index (χ2n) is 6.85. The Bertz CT molecular complexity index is 1240. The Morgan fingerprint density at radius 1 is 1.10 bits per heavy atom. The molecule has 3 aromatic rings. The molecule has 0 saturated carbocycles. The molecule has 1 aliphatic rings. The molecule has 2 N–H and O–H groups in total. The van der Waals surface area contributed by atoms with Gasteiger partial charge in [-0.2, -0.15) is 0 Å². The monoisotopic (exact) mass is 452 g/mol. The number of primary amides is 1. The molecule has 1 aliphatic heterocycles. The topological polar surface area (TPSA) is 89.7 Å². The van der Waals surface area contributed by atoms with Gasteiger partial charge in [0.1, 0.15) is 5.75 Å². The number of amides is 3. The van der Waals surface area contributed by atoms with Crippen LogP contribution < -0.4 is 10.5 Å². The van der Waals surface area contributed by atoms with Crippen LogP contribution in [-0.2, 0) is 16.1 Å². The summed E-state index contributed by atoms with van der Waals surface area (Å²) in [6.45, 7) is -0.0872. The molecule has 4 rings (SSSR count). The molecule has 0 atom stereocenters. The number of hydrogen-bond acceptors (Lipinski definition) is 5. The van der Waals surface area contributed by atoms with Crippen LogP contribution in [0.3, 0.4) is 0 Å². The van der Waals surface area contributed by atoms with Crippen molar-refractivity contribution in [1.82, 2.24) is 4.90 Å². The summed E-state index contributed by atoms with van der Waals surface area (Å²) in [5, 5.41) is 2.00. The van der Waals surface area contributed by atoms with E-state index in [-0.39, 0.29) is 29.3 Å². The van der Waals surface area contributed by atoms with Crippen LogP contribution in [0.25, 0.3) is 16.8 Å². The molecule has 1 fully saturated rings. The van der Waals surface area contributed by atoms with Gasteiger partial charge in [0.2, 0.25) is 0 Å². The summed E-state index contributed by atoms with van der Waals surface area (Å²) in [5.74, 6) is -0.658. The fourth-order valence-electron chi connectivity index (χ4n) is 3.26. The third-order valence-electron chi connectivity index (χ3n) is 4.71. The third kappa shape index (κ3) is 4.57. The molecule has 0 aromatic heterocycles. The van der Waals surface area contributed by atoms with Crippen LogP contribution in [0.5, 0.6) is 5.75 Å². The molecule has 156 valence electrons. The van der Waals surface area contributed by atoms with Gasteiger partial charge in [-0.1, -0.05) is 60.1 Å². The molecule has 0 spiro atoms. The molecule has 0 unspecified atom stereocenters. The Balaban J connectivity index is 1.55. The smallest absolute Gasteiger partial charge is 0.293 e. The van der Waals surface area contributed by atoms with Crippen molar-refractivity contribution in [1.29, 1.82) is 0 Å². The van der Waals surface area contributed by atoms with Crippen molar-refractivity contribution in [2.45, 2.75) is 6.54 Å². The number of nitrogens with two attached hydrogens (primary N) is 1. The van der Waals surface area contributed by atoms with Gasteiger partial charge in [0, 0.05) is 0 Å². The van der Waals surface area contributed by atoms with Gasteiger partial charge in [-0.25, -0.2) is 0 Å². The summed E-state index contributed by atoms with van der Waals surface area (Å²) in [5.41, 5.74) is 6.60. The second kappa shape index (κ2) is 8.83. The van der Waals surface area contributed by atoms with Gasteiger partial charge in [-0.3, -0.25) is 19.3 Å². The Hall–Kier alpha value is -3.29. The van der Waals surface area contributed by atoms with E-state index in [2.05, 4.69) is 0 Å². The first-order chi connectivity index (χ1) is 14.9. The van der Waals surface area contributed by atoms with Crippen molar-refractivity contribution in [2.75, 3.05) is 6.61 Å². The lowest BCUT2D eigenvalue weighted by molar-refractivity contribution is -0.123. The van der Waals surface area contributed by atoms with Crippen molar-refractivity contribution in [3.05, 3.63) is 81.7 Å². The highest BCUT2D eigenvalue weighted by Crippen LogP contribution is 2.35. The van der Waals surface area contributed by atoms with Crippen molar-refractivity contribution < 1.29 is 19.1 Å². The van der Waals surface area contributed by atoms with Gasteiger partial charge in [0.25, 0.3) is 17.1 Å². The summed E-state index contributed by atoms with van der Waals surface area (Å²) >= 11 is 7.07. The predicted molar refractivity (Wildman–Crippen MR) is 122 cm³/mol. The van der Waals surface area contributed by atoms with E-state index in [0.717, 1.165) is 28.1 Å². The Labute approximate surface area is 187 Å². The van der Waals surface area contributed by atoms with Crippen LogP contribution >= 0.6 is 23.4 Å². The fourth-order valence-corrected chi connectivity index (χ4v) is 4.34. The van der Waals surface area contributed by atoms with Crippen molar-refractivity contribution in [3.63, 3.8) is 0 Å². The zero-order valence-corrected chi connectivity index (χ0v) is 17.8. The second-order valence-corrected chi connectivity index (χ2v) is 8.25. The summed E-state index contributed by atoms with van der Waals surface area (Å²) in [6, 6.07) is 18.5. The van der Waals surface area contributed by atoms with E-state index in [1.807, 2.05) is 42.5 Å². The normalized spacial score (nSPS) is 15.1. The van der Waals surface area contributed by atoms with Gasteiger partial charge >= 0.3 is 0 Å². The summed E-state index contributed by atoms with van der Waals surface area (Å²) < 4.78 is 5.22. The first kappa shape index (κ1) is 21.0. The Kier molecular flexibility index (Phi) is 5.97. The highest BCUT2D eigenvalue weighted by atomic mass is 35.5. The van der Waals surface area contributed by atoms with E-state index in [1.165, 1.54) is 4.90 Å².